The Labute approximate surface area is 95.3 Å². The molecule has 0 saturated carbocycles. The van der Waals surface area contributed by atoms with Crippen molar-refractivity contribution >= 4 is 40.8 Å². The van der Waals surface area contributed by atoms with Gasteiger partial charge in [0.05, 0.1) is 18.2 Å². The summed E-state index contributed by atoms with van der Waals surface area (Å²) in [6.07, 6.45) is 0. The Balaban J connectivity index is 2.98. The van der Waals surface area contributed by atoms with Crippen molar-refractivity contribution in [1.82, 2.24) is 0 Å². The standard InChI is InChI=1S/C7H7Cl3O4/c8-3-4(9)7(5(10)6(11)12)13-1-2-14-7/h3,5H,1-2H2,(H,11,12)/b4-3-. The minimum absolute atomic E-state index is 0.0842. The zero-order chi connectivity index (χ0) is 10.8. The van der Waals surface area contributed by atoms with Gasteiger partial charge in [0.15, 0.2) is 5.38 Å². The molecule has 0 radical (unpaired) electrons. The van der Waals surface area contributed by atoms with Crippen LogP contribution < -0.4 is 0 Å². The van der Waals surface area contributed by atoms with Gasteiger partial charge >= 0.3 is 5.97 Å². The summed E-state index contributed by atoms with van der Waals surface area (Å²) < 4.78 is 10.2. The molecule has 0 aromatic rings. The van der Waals surface area contributed by atoms with Gasteiger partial charge in [-0.15, -0.1) is 11.6 Å². The van der Waals surface area contributed by atoms with Gasteiger partial charge in [0.25, 0.3) is 0 Å². The fraction of sp³-hybridized carbons (Fsp3) is 0.571. The predicted molar refractivity (Wildman–Crippen MR) is 51.7 cm³/mol. The normalized spacial score (nSPS) is 23.5. The van der Waals surface area contributed by atoms with Crippen molar-refractivity contribution in [3.8, 4) is 0 Å². The van der Waals surface area contributed by atoms with Crippen LogP contribution in [0.1, 0.15) is 0 Å². The lowest BCUT2D eigenvalue weighted by Gasteiger charge is -2.28. The number of alkyl halides is 1. The molecule has 0 amide bonds. The van der Waals surface area contributed by atoms with E-state index in [2.05, 4.69) is 0 Å². The van der Waals surface area contributed by atoms with E-state index in [9.17, 15) is 4.79 Å². The average molecular weight is 261 g/mol. The molecule has 80 valence electrons. The second-order valence-electron chi connectivity index (χ2n) is 2.52. The summed E-state index contributed by atoms with van der Waals surface area (Å²) >= 11 is 16.7. The maximum atomic E-state index is 10.7. The molecule has 1 rings (SSSR count). The second kappa shape index (κ2) is 4.68. The van der Waals surface area contributed by atoms with Gasteiger partial charge in [0, 0.05) is 5.54 Å². The van der Waals surface area contributed by atoms with Gasteiger partial charge in [-0.1, -0.05) is 23.2 Å². The predicted octanol–water partition coefficient (Wildman–Crippen LogP) is 1.74. The summed E-state index contributed by atoms with van der Waals surface area (Å²) in [4.78, 5) is 10.7. The Bertz CT molecular complexity index is 260. The molecule has 7 heteroatoms. The minimum atomic E-state index is -1.66. The van der Waals surface area contributed by atoms with Crippen LogP contribution in [0.2, 0.25) is 0 Å². The van der Waals surface area contributed by atoms with Crippen molar-refractivity contribution in [1.29, 1.82) is 0 Å². The monoisotopic (exact) mass is 260 g/mol. The molecule has 4 nitrogen and oxygen atoms in total. The highest BCUT2D eigenvalue weighted by molar-refractivity contribution is 6.39. The third-order valence-electron chi connectivity index (χ3n) is 1.70. The molecule has 1 N–H and O–H groups in total. The number of rotatable bonds is 3. The zero-order valence-corrected chi connectivity index (χ0v) is 9.14. The number of carboxylic acids is 1. The number of aliphatic carboxylic acids is 1. The zero-order valence-electron chi connectivity index (χ0n) is 6.87. The number of hydrogen-bond donors (Lipinski definition) is 1. The molecule has 1 saturated heterocycles. The quantitative estimate of drug-likeness (QED) is 0.786. The molecule has 1 aliphatic heterocycles. The van der Waals surface area contributed by atoms with Crippen LogP contribution in [0.5, 0.6) is 0 Å². The van der Waals surface area contributed by atoms with Gasteiger partial charge < -0.3 is 14.6 Å². The molecule has 1 aliphatic rings. The van der Waals surface area contributed by atoms with Gasteiger partial charge in [0.2, 0.25) is 5.79 Å². The fourth-order valence-electron chi connectivity index (χ4n) is 1.07. The smallest absolute Gasteiger partial charge is 0.327 e. The first-order valence-electron chi connectivity index (χ1n) is 3.65. The number of carboxylic acid groups (broad SMARTS) is 1. The lowest BCUT2D eigenvalue weighted by Crippen LogP contribution is -2.45. The SMILES string of the molecule is O=C(O)C(Cl)C1(/C(Cl)=C/Cl)OCCO1. The highest BCUT2D eigenvalue weighted by Gasteiger charge is 2.50. The second-order valence-corrected chi connectivity index (χ2v) is 3.58. The van der Waals surface area contributed by atoms with Crippen LogP contribution in [0, 0.1) is 0 Å². The Morgan fingerprint density at radius 2 is 2.00 bits per heavy atom. The molecule has 1 heterocycles. The summed E-state index contributed by atoms with van der Waals surface area (Å²) in [6.45, 7) is 0.439. The largest absolute Gasteiger partial charge is 0.480 e. The van der Waals surface area contributed by atoms with Crippen LogP contribution in [-0.4, -0.2) is 35.5 Å². The van der Waals surface area contributed by atoms with Crippen molar-refractivity contribution in [2.45, 2.75) is 11.2 Å². The Morgan fingerprint density at radius 3 is 2.36 bits per heavy atom. The first kappa shape index (κ1) is 12.1. The molecule has 0 aliphatic carbocycles. The number of ether oxygens (including phenoxy) is 2. The number of carbonyl (C=O) groups is 1. The molecule has 1 unspecified atom stereocenters. The maximum Gasteiger partial charge on any atom is 0.327 e. The molecule has 0 aromatic heterocycles. The molecule has 1 fully saturated rings. The first-order valence-corrected chi connectivity index (χ1v) is 4.91. The van der Waals surface area contributed by atoms with Gasteiger partial charge in [-0.3, -0.25) is 4.79 Å². The Morgan fingerprint density at radius 1 is 1.50 bits per heavy atom. The van der Waals surface area contributed by atoms with E-state index in [0.29, 0.717) is 0 Å². The van der Waals surface area contributed by atoms with E-state index >= 15 is 0 Å². The summed E-state index contributed by atoms with van der Waals surface area (Å²) in [7, 11) is 0. The Kier molecular flexibility index (Phi) is 4.04. The average Bonchev–Trinajstić information content (AvgIpc) is 2.65. The third-order valence-corrected chi connectivity index (χ3v) is 2.87. The van der Waals surface area contributed by atoms with Crippen molar-refractivity contribution in [3.05, 3.63) is 10.6 Å². The summed E-state index contributed by atoms with van der Waals surface area (Å²) in [5, 5.41) is 7.21. The van der Waals surface area contributed by atoms with Crippen LogP contribution >= 0.6 is 34.8 Å². The maximum absolute atomic E-state index is 10.7. The van der Waals surface area contributed by atoms with E-state index in [1.807, 2.05) is 0 Å². The van der Waals surface area contributed by atoms with E-state index < -0.39 is 17.1 Å². The lowest BCUT2D eigenvalue weighted by molar-refractivity contribution is -0.159. The van der Waals surface area contributed by atoms with Crippen LogP contribution in [0.3, 0.4) is 0 Å². The van der Waals surface area contributed by atoms with E-state index in [1.165, 1.54) is 0 Å². The fourth-order valence-corrected chi connectivity index (χ4v) is 1.74. The third kappa shape index (κ3) is 1.99. The minimum Gasteiger partial charge on any atom is -0.480 e. The van der Waals surface area contributed by atoms with E-state index in [1.54, 1.807) is 0 Å². The molecular weight excluding hydrogens is 254 g/mol. The summed E-state index contributed by atoms with van der Waals surface area (Å²) in [6, 6.07) is 0. The lowest BCUT2D eigenvalue weighted by atomic mass is 10.2. The topological polar surface area (TPSA) is 55.8 Å². The van der Waals surface area contributed by atoms with Gasteiger partial charge in [-0.25, -0.2) is 0 Å². The van der Waals surface area contributed by atoms with Crippen molar-refractivity contribution in [2.75, 3.05) is 13.2 Å². The summed E-state index contributed by atoms with van der Waals surface area (Å²) in [5.41, 5.74) is 0.977. The van der Waals surface area contributed by atoms with Crippen molar-refractivity contribution < 1.29 is 19.4 Å². The molecular formula is C7H7Cl3O4. The molecule has 0 bridgehead atoms. The highest BCUT2D eigenvalue weighted by atomic mass is 35.5. The highest BCUT2D eigenvalue weighted by Crippen LogP contribution is 2.37. The van der Waals surface area contributed by atoms with Gasteiger partial charge in [-0.05, 0) is 0 Å². The van der Waals surface area contributed by atoms with Crippen LogP contribution in [0.4, 0.5) is 0 Å². The summed E-state index contributed by atoms with van der Waals surface area (Å²) in [5.74, 6) is -2.94. The van der Waals surface area contributed by atoms with E-state index in [4.69, 9.17) is 49.4 Å². The molecule has 0 aromatic carbocycles. The number of halogens is 3. The van der Waals surface area contributed by atoms with E-state index in [0.717, 1.165) is 5.54 Å². The number of hydrogen-bond acceptors (Lipinski definition) is 3. The molecule has 14 heavy (non-hydrogen) atoms. The van der Waals surface area contributed by atoms with Gasteiger partial charge in [-0.2, -0.15) is 0 Å². The van der Waals surface area contributed by atoms with Crippen LogP contribution in [0.15, 0.2) is 10.6 Å². The molecule has 0 spiro atoms. The van der Waals surface area contributed by atoms with Gasteiger partial charge in [0.1, 0.15) is 0 Å². The Hall–Kier alpha value is -0.0000000000000000971. The first-order chi connectivity index (χ1) is 6.54. The van der Waals surface area contributed by atoms with Crippen LogP contribution in [0.25, 0.3) is 0 Å². The van der Waals surface area contributed by atoms with E-state index in [-0.39, 0.29) is 18.2 Å². The van der Waals surface area contributed by atoms with Crippen LogP contribution in [-0.2, 0) is 14.3 Å². The van der Waals surface area contributed by atoms with Crippen molar-refractivity contribution in [3.63, 3.8) is 0 Å². The van der Waals surface area contributed by atoms with Crippen molar-refractivity contribution in [2.24, 2.45) is 0 Å². The molecule has 1 atom stereocenters.